The summed E-state index contributed by atoms with van der Waals surface area (Å²) in [6.45, 7) is 0. The number of nitro groups is 1. The average Bonchev–Trinajstić information content (AvgIpc) is 2.40. The summed E-state index contributed by atoms with van der Waals surface area (Å²) in [7, 11) is 0. The van der Waals surface area contributed by atoms with E-state index in [4.69, 9.17) is 11.6 Å². The van der Waals surface area contributed by atoms with Crippen LogP contribution in [0.2, 0.25) is 5.02 Å². The Balaban J connectivity index is 2.25. The van der Waals surface area contributed by atoms with Gasteiger partial charge in [0.15, 0.2) is 0 Å². The topological polar surface area (TPSA) is 85.1 Å². The Kier molecular flexibility index (Phi) is 4.50. The number of aromatic nitrogens is 1. The second kappa shape index (κ2) is 6.14. The zero-order valence-corrected chi connectivity index (χ0v) is 12.8. The number of nitrogens with one attached hydrogen (secondary N) is 1. The van der Waals surface area contributed by atoms with Crippen molar-refractivity contribution in [2.75, 3.05) is 5.32 Å². The van der Waals surface area contributed by atoms with E-state index in [-0.39, 0.29) is 16.3 Å². The molecule has 0 radical (unpaired) electrons. The van der Waals surface area contributed by atoms with Crippen LogP contribution in [0.15, 0.2) is 36.5 Å². The van der Waals surface area contributed by atoms with Gasteiger partial charge in [-0.2, -0.15) is 0 Å². The fraction of sp³-hybridized carbons (Fsp3) is 0. The molecule has 6 nitrogen and oxygen atoms in total. The lowest BCUT2D eigenvalue weighted by atomic mass is 10.2. The summed E-state index contributed by atoms with van der Waals surface area (Å²) >= 11 is 7.85. The van der Waals surface area contributed by atoms with Crippen LogP contribution < -0.4 is 5.32 Å². The highest BCUT2D eigenvalue weighted by atomic mass is 127. The first-order valence-corrected chi connectivity index (χ1v) is 6.79. The number of carbonyl (C=O) groups is 1. The molecule has 0 atom stereocenters. The number of rotatable bonds is 3. The number of pyridine rings is 1. The minimum atomic E-state index is -0.605. The molecular weight excluding hydrogens is 397 g/mol. The van der Waals surface area contributed by atoms with E-state index >= 15 is 0 Å². The van der Waals surface area contributed by atoms with Crippen molar-refractivity contribution >= 4 is 51.6 Å². The molecule has 102 valence electrons. The molecule has 1 N–H and O–H groups in total. The highest BCUT2D eigenvalue weighted by Crippen LogP contribution is 2.21. The fourth-order valence-corrected chi connectivity index (χ4v) is 2.00. The number of anilines is 1. The number of nitro benzene ring substituents is 1. The van der Waals surface area contributed by atoms with Gasteiger partial charge in [-0.3, -0.25) is 14.9 Å². The Morgan fingerprint density at radius 1 is 1.35 bits per heavy atom. The molecule has 0 fully saturated rings. The van der Waals surface area contributed by atoms with Gasteiger partial charge in [0.2, 0.25) is 0 Å². The lowest BCUT2D eigenvalue weighted by Crippen LogP contribution is -2.13. The van der Waals surface area contributed by atoms with E-state index in [1.54, 1.807) is 18.3 Å². The Bertz CT molecular complexity index is 676. The minimum Gasteiger partial charge on any atom is -0.307 e. The number of non-ortho nitro benzene ring substituents is 1. The van der Waals surface area contributed by atoms with Gasteiger partial charge in [0.25, 0.3) is 11.6 Å². The number of carbonyl (C=O) groups excluding carboxylic acids is 1. The maximum Gasteiger partial charge on any atom is 0.271 e. The molecule has 0 aliphatic carbocycles. The van der Waals surface area contributed by atoms with Crippen molar-refractivity contribution in [1.82, 2.24) is 4.98 Å². The van der Waals surface area contributed by atoms with E-state index in [0.29, 0.717) is 5.82 Å². The van der Waals surface area contributed by atoms with E-state index in [9.17, 15) is 14.9 Å². The van der Waals surface area contributed by atoms with Crippen LogP contribution >= 0.6 is 34.2 Å². The minimum absolute atomic E-state index is 0.101. The molecule has 1 amide bonds. The van der Waals surface area contributed by atoms with Gasteiger partial charge in [-0.05, 0) is 40.8 Å². The second-order valence-corrected chi connectivity index (χ2v) is 5.45. The van der Waals surface area contributed by atoms with E-state index in [1.807, 2.05) is 0 Å². The maximum atomic E-state index is 12.0. The molecule has 0 saturated carbocycles. The molecule has 8 heteroatoms. The van der Waals surface area contributed by atoms with Gasteiger partial charge in [0, 0.05) is 32.5 Å². The van der Waals surface area contributed by atoms with Crippen LogP contribution in [0.5, 0.6) is 0 Å². The summed E-state index contributed by atoms with van der Waals surface area (Å²) in [6.07, 6.45) is 1.59. The smallest absolute Gasteiger partial charge is 0.271 e. The first-order valence-electron chi connectivity index (χ1n) is 5.33. The zero-order chi connectivity index (χ0) is 14.7. The van der Waals surface area contributed by atoms with Gasteiger partial charge >= 0.3 is 0 Å². The van der Waals surface area contributed by atoms with Crippen LogP contribution in [0.1, 0.15) is 10.4 Å². The van der Waals surface area contributed by atoms with Gasteiger partial charge in [-0.1, -0.05) is 11.6 Å². The molecule has 1 aromatic carbocycles. The number of amides is 1. The second-order valence-electron chi connectivity index (χ2n) is 3.77. The molecule has 2 rings (SSSR count). The van der Waals surface area contributed by atoms with E-state index in [1.165, 1.54) is 12.1 Å². The van der Waals surface area contributed by atoms with E-state index < -0.39 is 10.8 Å². The Morgan fingerprint density at radius 3 is 2.70 bits per heavy atom. The maximum absolute atomic E-state index is 12.0. The van der Waals surface area contributed by atoms with Crippen molar-refractivity contribution in [2.45, 2.75) is 0 Å². The zero-order valence-electron chi connectivity index (χ0n) is 9.84. The third-order valence-corrected chi connectivity index (χ3v) is 3.18. The summed E-state index contributed by atoms with van der Waals surface area (Å²) in [4.78, 5) is 26.1. The lowest BCUT2D eigenvalue weighted by Gasteiger charge is -2.05. The van der Waals surface area contributed by atoms with Crippen LogP contribution in [0, 0.1) is 13.7 Å². The Morgan fingerprint density at radius 2 is 2.10 bits per heavy atom. The highest BCUT2D eigenvalue weighted by molar-refractivity contribution is 14.1. The third kappa shape index (κ3) is 3.64. The first-order chi connectivity index (χ1) is 9.45. The van der Waals surface area contributed by atoms with Gasteiger partial charge in [0.05, 0.1) is 4.92 Å². The molecule has 0 spiro atoms. The summed E-state index contributed by atoms with van der Waals surface area (Å²) in [5.74, 6) is -0.151. The standard InChI is InChI=1S/C12H7ClIN3O3/c13-8-3-7(4-10(5-8)17(19)20)12(18)16-11-2-1-9(14)6-15-11/h1-6H,(H,15,16,18). The predicted octanol–water partition coefficient (Wildman–Crippen LogP) is 3.50. The number of hydrogen-bond donors (Lipinski definition) is 1. The molecule has 0 bridgehead atoms. The monoisotopic (exact) mass is 403 g/mol. The number of hydrogen-bond acceptors (Lipinski definition) is 4. The number of nitrogens with zero attached hydrogens (tertiary/aromatic N) is 2. The quantitative estimate of drug-likeness (QED) is 0.483. The van der Waals surface area contributed by atoms with E-state index in [0.717, 1.165) is 9.64 Å². The molecule has 0 aliphatic heterocycles. The molecule has 1 aromatic heterocycles. The van der Waals surface area contributed by atoms with Crippen LogP contribution in [0.3, 0.4) is 0 Å². The van der Waals surface area contributed by atoms with Gasteiger partial charge < -0.3 is 5.32 Å². The van der Waals surface area contributed by atoms with Gasteiger partial charge in [-0.15, -0.1) is 0 Å². The Hall–Kier alpha value is -1.74. The molecule has 2 aromatic rings. The summed E-state index contributed by atoms with van der Waals surface area (Å²) in [5.41, 5.74) is -0.136. The number of halogens is 2. The average molecular weight is 404 g/mol. The molecular formula is C12H7ClIN3O3. The van der Waals surface area contributed by atoms with Crippen molar-refractivity contribution in [3.8, 4) is 0 Å². The van der Waals surface area contributed by atoms with Crippen molar-refractivity contribution < 1.29 is 9.72 Å². The number of benzene rings is 1. The Labute approximate surface area is 132 Å². The summed E-state index contributed by atoms with van der Waals surface area (Å²) in [6, 6.07) is 7.12. The third-order valence-electron chi connectivity index (χ3n) is 2.32. The fourth-order valence-electron chi connectivity index (χ4n) is 1.45. The van der Waals surface area contributed by atoms with Crippen molar-refractivity contribution in [3.63, 3.8) is 0 Å². The SMILES string of the molecule is O=C(Nc1ccc(I)cn1)c1cc(Cl)cc([N+](=O)[O-])c1. The van der Waals surface area contributed by atoms with Crippen molar-refractivity contribution in [1.29, 1.82) is 0 Å². The van der Waals surface area contributed by atoms with Crippen molar-refractivity contribution in [3.05, 3.63) is 60.8 Å². The highest BCUT2D eigenvalue weighted by Gasteiger charge is 2.14. The van der Waals surface area contributed by atoms with Crippen LogP contribution in [0.25, 0.3) is 0 Å². The molecule has 20 heavy (non-hydrogen) atoms. The van der Waals surface area contributed by atoms with Crippen molar-refractivity contribution in [2.24, 2.45) is 0 Å². The first kappa shape index (κ1) is 14.7. The summed E-state index contributed by atoms with van der Waals surface area (Å²) in [5, 5.41) is 13.4. The largest absolute Gasteiger partial charge is 0.307 e. The van der Waals surface area contributed by atoms with Crippen LogP contribution in [-0.4, -0.2) is 15.8 Å². The predicted molar refractivity (Wildman–Crippen MR) is 83.0 cm³/mol. The van der Waals surface area contributed by atoms with Gasteiger partial charge in [0.1, 0.15) is 5.82 Å². The molecule has 0 unspecified atom stereocenters. The molecule has 0 saturated heterocycles. The lowest BCUT2D eigenvalue weighted by molar-refractivity contribution is -0.384. The van der Waals surface area contributed by atoms with Crippen LogP contribution in [0.4, 0.5) is 11.5 Å². The summed E-state index contributed by atoms with van der Waals surface area (Å²) < 4.78 is 0.930. The molecule has 0 aliphatic rings. The normalized spacial score (nSPS) is 10.1. The van der Waals surface area contributed by atoms with Crippen LogP contribution in [-0.2, 0) is 0 Å². The molecule has 1 heterocycles. The van der Waals surface area contributed by atoms with Gasteiger partial charge in [-0.25, -0.2) is 4.98 Å². The van der Waals surface area contributed by atoms with E-state index in [2.05, 4.69) is 32.9 Å².